The second-order valence-electron chi connectivity index (χ2n) is 7.79. The number of rotatable bonds is 3. The number of benzene rings is 1. The molecule has 0 aliphatic heterocycles. The minimum absolute atomic E-state index is 0.394. The molecule has 3 N–H and O–H groups in total. The smallest absolute Gasteiger partial charge is 0.153 e. The Bertz CT molecular complexity index is 1150. The van der Waals surface area contributed by atoms with E-state index >= 15 is 0 Å². The first kappa shape index (κ1) is 17.0. The highest BCUT2D eigenvalue weighted by atomic mass is 16.5. The predicted molar refractivity (Wildman–Crippen MR) is 109 cm³/mol. The fourth-order valence-electron chi connectivity index (χ4n) is 4.37. The maximum absolute atomic E-state index is 6.26. The van der Waals surface area contributed by atoms with Crippen LogP contribution in [-0.4, -0.2) is 31.7 Å². The fraction of sp³-hybridized carbons (Fsp3) is 0.381. The third-order valence-corrected chi connectivity index (χ3v) is 5.96. The van der Waals surface area contributed by atoms with Crippen molar-refractivity contribution in [2.24, 2.45) is 5.92 Å². The number of para-hydroxylation sites is 1. The van der Waals surface area contributed by atoms with E-state index in [0.29, 0.717) is 11.7 Å². The van der Waals surface area contributed by atoms with E-state index in [0.717, 1.165) is 58.1 Å². The standard InChI is InChI=1S/C21H24N6O/c1-12-6-8-13(9-7-12)21-26-18(19-20(22)23-11-24-27(19)21)15-10-14-4-3-5-16(28-2)17(14)25-15/h3-5,10-13,25H,6-9H2,1-2H3,(H2,22,23,24). The molecule has 0 saturated heterocycles. The molecule has 3 heterocycles. The molecule has 1 aliphatic rings. The largest absolute Gasteiger partial charge is 0.495 e. The number of aromatic nitrogens is 5. The number of nitrogens with one attached hydrogen (secondary N) is 1. The lowest BCUT2D eigenvalue weighted by molar-refractivity contribution is 0.337. The van der Waals surface area contributed by atoms with Gasteiger partial charge >= 0.3 is 0 Å². The third kappa shape index (κ3) is 2.61. The summed E-state index contributed by atoms with van der Waals surface area (Å²) in [4.78, 5) is 12.7. The molecule has 3 aromatic heterocycles. The average molecular weight is 376 g/mol. The number of nitrogen functional groups attached to an aromatic ring is 1. The number of imidazole rings is 1. The van der Waals surface area contributed by atoms with Crippen LogP contribution in [0.2, 0.25) is 0 Å². The zero-order valence-corrected chi connectivity index (χ0v) is 16.1. The number of hydrogen-bond donors (Lipinski definition) is 2. The Balaban J connectivity index is 1.70. The molecule has 1 aliphatic carbocycles. The Kier molecular flexibility index (Phi) is 3.96. The van der Waals surface area contributed by atoms with Crippen molar-refractivity contribution in [3.63, 3.8) is 0 Å². The molecular weight excluding hydrogens is 352 g/mol. The van der Waals surface area contributed by atoms with Crippen molar-refractivity contribution in [3.05, 3.63) is 36.4 Å². The summed E-state index contributed by atoms with van der Waals surface area (Å²) in [5, 5.41) is 5.56. The zero-order valence-electron chi connectivity index (χ0n) is 16.1. The first-order chi connectivity index (χ1) is 13.7. The van der Waals surface area contributed by atoms with Crippen molar-refractivity contribution in [3.8, 4) is 17.1 Å². The van der Waals surface area contributed by atoms with Crippen LogP contribution in [0.5, 0.6) is 5.75 Å². The Morgan fingerprint density at radius 3 is 2.82 bits per heavy atom. The van der Waals surface area contributed by atoms with Crippen molar-refractivity contribution < 1.29 is 4.74 Å². The highest BCUT2D eigenvalue weighted by molar-refractivity contribution is 5.93. The molecule has 0 atom stereocenters. The number of methoxy groups -OCH3 is 1. The van der Waals surface area contributed by atoms with Crippen LogP contribution in [0, 0.1) is 5.92 Å². The maximum atomic E-state index is 6.26. The van der Waals surface area contributed by atoms with Crippen LogP contribution in [0.4, 0.5) is 5.82 Å². The monoisotopic (exact) mass is 376 g/mol. The van der Waals surface area contributed by atoms with Crippen molar-refractivity contribution >= 4 is 22.2 Å². The molecule has 0 unspecified atom stereocenters. The number of H-pyrrole nitrogens is 1. The normalized spacial score (nSPS) is 20.1. The number of fused-ring (bicyclic) bond motifs is 2. The number of ether oxygens (including phenoxy) is 1. The zero-order chi connectivity index (χ0) is 19.3. The van der Waals surface area contributed by atoms with Gasteiger partial charge in [0.15, 0.2) is 5.82 Å². The van der Waals surface area contributed by atoms with Gasteiger partial charge in [0.25, 0.3) is 0 Å². The molecule has 0 bridgehead atoms. The van der Waals surface area contributed by atoms with E-state index in [1.165, 1.54) is 19.2 Å². The van der Waals surface area contributed by atoms with E-state index in [-0.39, 0.29) is 0 Å². The summed E-state index contributed by atoms with van der Waals surface area (Å²) in [6.45, 7) is 2.32. The summed E-state index contributed by atoms with van der Waals surface area (Å²) < 4.78 is 7.38. The highest BCUT2D eigenvalue weighted by Crippen LogP contribution is 2.38. The first-order valence-corrected chi connectivity index (χ1v) is 9.81. The SMILES string of the molecule is COc1cccc2cc(-c3nc(C4CCC(C)CC4)n4ncnc(N)c34)[nH]c12. The average Bonchev–Trinajstić information content (AvgIpc) is 3.30. The predicted octanol–water partition coefficient (Wildman–Crippen LogP) is 4.16. The van der Waals surface area contributed by atoms with E-state index < -0.39 is 0 Å². The molecule has 1 aromatic carbocycles. The second-order valence-corrected chi connectivity index (χ2v) is 7.79. The van der Waals surface area contributed by atoms with Gasteiger partial charge in [-0.05, 0) is 30.9 Å². The number of nitrogens with zero attached hydrogens (tertiary/aromatic N) is 4. The minimum atomic E-state index is 0.394. The van der Waals surface area contributed by atoms with Gasteiger partial charge in [-0.1, -0.05) is 31.9 Å². The number of nitrogens with two attached hydrogens (primary N) is 1. The van der Waals surface area contributed by atoms with Gasteiger partial charge in [-0.15, -0.1) is 0 Å². The van der Waals surface area contributed by atoms with Crippen LogP contribution >= 0.6 is 0 Å². The molecule has 1 saturated carbocycles. The van der Waals surface area contributed by atoms with Crippen LogP contribution in [0.15, 0.2) is 30.6 Å². The van der Waals surface area contributed by atoms with Crippen molar-refractivity contribution in [2.75, 3.05) is 12.8 Å². The molecule has 1 fully saturated rings. The van der Waals surface area contributed by atoms with Crippen molar-refractivity contribution in [1.82, 2.24) is 24.6 Å². The highest BCUT2D eigenvalue weighted by Gasteiger charge is 2.27. The van der Waals surface area contributed by atoms with E-state index in [1.54, 1.807) is 7.11 Å². The maximum Gasteiger partial charge on any atom is 0.153 e. The molecule has 7 nitrogen and oxygen atoms in total. The van der Waals surface area contributed by atoms with Crippen LogP contribution in [0.3, 0.4) is 0 Å². The van der Waals surface area contributed by atoms with E-state index in [4.69, 9.17) is 15.5 Å². The number of hydrogen-bond acceptors (Lipinski definition) is 5. The van der Waals surface area contributed by atoms with Gasteiger partial charge in [-0.3, -0.25) is 0 Å². The van der Waals surface area contributed by atoms with Crippen LogP contribution in [-0.2, 0) is 0 Å². The Labute approximate surface area is 162 Å². The summed E-state index contributed by atoms with van der Waals surface area (Å²) in [6, 6.07) is 8.06. The lowest BCUT2D eigenvalue weighted by Crippen LogP contribution is -2.14. The Morgan fingerprint density at radius 1 is 1.21 bits per heavy atom. The topological polar surface area (TPSA) is 94.1 Å². The lowest BCUT2D eigenvalue weighted by Gasteiger charge is -2.24. The van der Waals surface area contributed by atoms with Gasteiger partial charge in [0.1, 0.15) is 29.1 Å². The Hall–Kier alpha value is -3.09. The van der Waals surface area contributed by atoms with Crippen LogP contribution in [0.25, 0.3) is 27.8 Å². The van der Waals surface area contributed by atoms with Gasteiger partial charge in [0.05, 0.1) is 18.3 Å². The molecule has 28 heavy (non-hydrogen) atoms. The van der Waals surface area contributed by atoms with Crippen LogP contribution in [0.1, 0.15) is 44.3 Å². The Morgan fingerprint density at radius 2 is 2.04 bits per heavy atom. The minimum Gasteiger partial charge on any atom is -0.495 e. The third-order valence-electron chi connectivity index (χ3n) is 5.96. The summed E-state index contributed by atoms with van der Waals surface area (Å²) in [5.74, 6) is 3.40. The van der Waals surface area contributed by atoms with Gasteiger partial charge in [-0.2, -0.15) is 5.10 Å². The quantitative estimate of drug-likeness (QED) is 0.560. The van der Waals surface area contributed by atoms with Gasteiger partial charge in [-0.25, -0.2) is 14.5 Å². The molecule has 5 rings (SSSR count). The summed E-state index contributed by atoms with van der Waals surface area (Å²) >= 11 is 0. The molecule has 0 amide bonds. The van der Waals surface area contributed by atoms with Crippen molar-refractivity contribution in [1.29, 1.82) is 0 Å². The summed E-state index contributed by atoms with van der Waals surface area (Å²) in [5.41, 5.74) is 9.67. The first-order valence-electron chi connectivity index (χ1n) is 9.81. The fourth-order valence-corrected chi connectivity index (χ4v) is 4.37. The number of anilines is 1. The molecule has 144 valence electrons. The van der Waals surface area contributed by atoms with Gasteiger partial charge in [0, 0.05) is 11.3 Å². The number of aromatic amines is 1. The molecule has 0 radical (unpaired) electrons. The summed E-state index contributed by atoms with van der Waals surface area (Å²) in [7, 11) is 1.68. The van der Waals surface area contributed by atoms with E-state index in [9.17, 15) is 0 Å². The lowest BCUT2D eigenvalue weighted by atomic mass is 9.83. The van der Waals surface area contributed by atoms with E-state index in [1.807, 2.05) is 16.6 Å². The van der Waals surface area contributed by atoms with Crippen LogP contribution < -0.4 is 10.5 Å². The van der Waals surface area contributed by atoms with Crippen molar-refractivity contribution in [2.45, 2.75) is 38.5 Å². The molecular formula is C21H24N6O. The molecule has 0 spiro atoms. The van der Waals surface area contributed by atoms with Gasteiger partial charge < -0.3 is 15.5 Å². The second kappa shape index (κ2) is 6.51. The summed E-state index contributed by atoms with van der Waals surface area (Å²) in [6.07, 6.45) is 6.21. The molecule has 7 heteroatoms. The van der Waals surface area contributed by atoms with Gasteiger partial charge in [0.2, 0.25) is 0 Å². The molecule has 4 aromatic rings. The van der Waals surface area contributed by atoms with E-state index in [2.05, 4.69) is 34.1 Å².